The predicted molar refractivity (Wildman–Crippen MR) is 122 cm³/mol. The first-order chi connectivity index (χ1) is 16.1. The third-order valence-electron chi connectivity index (χ3n) is 8.10. The molecule has 4 aliphatic carbocycles. The molecule has 2 amide bonds. The third-order valence-corrected chi connectivity index (χ3v) is 8.10. The van der Waals surface area contributed by atoms with Crippen molar-refractivity contribution in [3.05, 3.63) is 46.8 Å². The number of nitrogens with zero attached hydrogens (tertiary/aromatic N) is 2. The fraction of sp³-hybridized carbons (Fsp3) is 0.520. The molecule has 0 spiro atoms. The van der Waals surface area contributed by atoms with E-state index in [2.05, 4.69) is 15.6 Å². The van der Waals surface area contributed by atoms with Crippen LogP contribution in [0.2, 0.25) is 0 Å². The van der Waals surface area contributed by atoms with Crippen LogP contribution in [-0.4, -0.2) is 43.9 Å². The van der Waals surface area contributed by atoms with Gasteiger partial charge in [-0.1, -0.05) is 0 Å². The summed E-state index contributed by atoms with van der Waals surface area (Å²) in [5.41, 5.74) is 1.11. The van der Waals surface area contributed by atoms with E-state index in [0.29, 0.717) is 41.3 Å². The van der Waals surface area contributed by atoms with E-state index in [4.69, 9.17) is 0 Å². The molecule has 4 bridgehead atoms. The summed E-state index contributed by atoms with van der Waals surface area (Å²) in [7, 11) is 1.65. The Kier molecular flexibility index (Phi) is 5.35. The summed E-state index contributed by atoms with van der Waals surface area (Å²) in [6.45, 7) is 3.35. The first kappa shape index (κ1) is 22.7. The average molecular weight is 469 g/mol. The van der Waals surface area contributed by atoms with Crippen molar-refractivity contribution in [1.82, 2.24) is 14.9 Å². The molecule has 0 unspecified atom stereocenters. The van der Waals surface area contributed by atoms with Gasteiger partial charge in [-0.25, -0.2) is 4.98 Å². The monoisotopic (exact) mass is 468 g/mol. The summed E-state index contributed by atoms with van der Waals surface area (Å²) in [6, 6.07) is 2.43. The van der Waals surface area contributed by atoms with Crippen molar-refractivity contribution in [2.24, 2.45) is 24.8 Å². The van der Waals surface area contributed by atoms with Crippen LogP contribution in [0.5, 0.6) is 0 Å². The Hall–Kier alpha value is -3.07. The number of Topliss-reactive ketones (excluding diaryl/α,β-unsaturated/α-hetero) is 1. The van der Waals surface area contributed by atoms with Gasteiger partial charge in [0.15, 0.2) is 0 Å². The van der Waals surface area contributed by atoms with Crippen LogP contribution in [0.1, 0.15) is 64.2 Å². The second-order valence-corrected chi connectivity index (χ2v) is 10.3. The van der Waals surface area contributed by atoms with E-state index in [0.717, 1.165) is 25.3 Å². The van der Waals surface area contributed by atoms with Crippen LogP contribution >= 0.6 is 0 Å². The molecular weight excluding hydrogens is 439 g/mol. The molecule has 34 heavy (non-hydrogen) atoms. The highest BCUT2D eigenvalue weighted by atomic mass is 19.1. The Bertz CT molecular complexity index is 1170. The van der Waals surface area contributed by atoms with Gasteiger partial charge in [-0.3, -0.25) is 14.4 Å². The Morgan fingerprint density at radius 3 is 2.41 bits per heavy atom. The van der Waals surface area contributed by atoms with Crippen LogP contribution in [0.3, 0.4) is 0 Å². The molecule has 0 radical (unpaired) electrons. The third kappa shape index (κ3) is 3.72. The van der Waals surface area contributed by atoms with Crippen LogP contribution in [0.4, 0.5) is 10.1 Å². The van der Waals surface area contributed by atoms with Gasteiger partial charge in [-0.2, -0.15) is 4.39 Å². The van der Waals surface area contributed by atoms with Gasteiger partial charge in [-0.05, 0) is 81.4 Å². The minimum Gasteiger partial charge on any atom is -0.390 e. The molecule has 4 saturated carbocycles. The molecule has 3 N–H and O–H groups in total. The second-order valence-electron chi connectivity index (χ2n) is 10.3. The van der Waals surface area contributed by atoms with Crippen molar-refractivity contribution in [2.75, 3.05) is 5.32 Å². The van der Waals surface area contributed by atoms with Crippen LogP contribution < -0.4 is 10.6 Å². The minimum atomic E-state index is -0.682. The maximum absolute atomic E-state index is 13.2. The van der Waals surface area contributed by atoms with Gasteiger partial charge < -0.3 is 20.3 Å². The molecule has 0 aliphatic heterocycles. The lowest BCUT2D eigenvalue weighted by Gasteiger charge is -2.58. The van der Waals surface area contributed by atoms with Gasteiger partial charge in [0.2, 0.25) is 5.95 Å². The molecule has 4 fully saturated rings. The molecule has 5 atom stereocenters. The number of carbonyl (C=O) groups excluding carboxylic acids is 3. The van der Waals surface area contributed by atoms with Crippen molar-refractivity contribution in [3.8, 4) is 0 Å². The predicted octanol–water partition coefficient (Wildman–Crippen LogP) is 2.67. The molecule has 0 saturated heterocycles. The Balaban J connectivity index is 1.34. The summed E-state index contributed by atoms with van der Waals surface area (Å²) in [4.78, 5) is 42.7. The molecule has 8 nitrogen and oxygen atoms in total. The van der Waals surface area contributed by atoms with E-state index < -0.39 is 29.1 Å². The Morgan fingerprint density at radius 1 is 1.15 bits per heavy atom. The lowest BCUT2D eigenvalue weighted by atomic mass is 9.52. The number of pyridine rings is 1. The van der Waals surface area contributed by atoms with Gasteiger partial charge in [-0.15, -0.1) is 0 Å². The number of halogens is 1. The zero-order valence-electron chi connectivity index (χ0n) is 19.5. The fourth-order valence-electron chi connectivity index (χ4n) is 6.82. The van der Waals surface area contributed by atoms with E-state index >= 15 is 0 Å². The molecule has 9 heteroatoms. The Labute approximate surface area is 196 Å². The first-order valence-electron chi connectivity index (χ1n) is 11.7. The molecule has 2 heterocycles. The van der Waals surface area contributed by atoms with Crippen molar-refractivity contribution >= 4 is 23.3 Å². The van der Waals surface area contributed by atoms with Crippen molar-refractivity contribution in [3.63, 3.8) is 0 Å². The summed E-state index contributed by atoms with van der Waals surface area (Å²) in [6.07, 6.45) is 5.35. The number of hydrogen-bond donors (Lipinski definition) is 3. The SMILES string of the molecule is Cc1c(C(=O)Nc2ccc(F)nc2)c(C)n(C)c1C(=O)C(=O)N[C@@H]1[C@@H]2C[C@@H]3C[C@H]1C[C@@](O)(C3)C2. The smallest absolute Gasteiger partial charge is 0.294 e. The highest BCUT2D eigenvalue weighted by Gasteiger charge is 2.55. The Morgan fingerprint density at radius 2 is 1.82 bits per heavy atom. The maximum atomic E-state index is 13.2. The highest BCUT2D eigenvalue weighted by Crippen LogP contribution is 2.55. The van der Waals surface area contributed by atoms with Crippen molar-refractivity contribution in [1.29, 1.82) is 0 Å². The number of carbonyl (C=O) groups is 3. The van der Waals surface area contributed by atoms with Crippen LogP contribution in [-0.2, 0) is 11.8 Å². The summed E-state index contributed by atoms with van der Waals surface area (Å²) in [5, 5.41) is 16.4. The average Bonchev–Trinajstić information content (AvgIpc) is 2.98. The molecule has 2 aromatic heterocycles. The van der Waals surface area contributed by atoms with Crippen LogP contribution in [0.15, 0.2) is 18.3 Å². The number of rotatable bonds is 5. The highest BCUT2D eigenvalue weighted by molar-refractivity contribution is 6.43. The topological polar surface area (TPSA) is 113 Å². The lowest BCUT2D eigenvalue weighted by molar-refractivity contribution is -0.144. The van der Waals surface area contributed by atoms with Crippen molar-refractivity contribution in [2.45, 2.75) is 57.6 Å². The lowest BCUT2D eigenvalue weighted by Crippen LogP contribution is -2.62. The number of ketones is 1. The molecule has 180 valence electrons. The van der Waals surface area contributed by atoms with E-state index in [1.54, 1.807) is 25.5 Å². The molecule has 0 aromatic carbocycles. The molecule has 2 aromatic rings. The molecule has 4 aliphatic rings. The summed E-state index contributed by atoms with van der Waals surface area (Å²) in [5.74, 6) is -1.60. The van der Waals surface area contributed by atoms with Gasteiger partial charge in [0.25, 0.3) is 17.6 Å². The fourth-order valence-corrected chi connectivity index (χ4v) is 6.82. The zero-order chi connectivity index (χ0) is 24.4. The van der Waals surface area contributed by atoms with E-state index in [1.807, 2.05) is 0 Å². The number of nitrogens with one attached hydrogen (secondary N) is 2. The zero-order valence-corrected chi connectivity index (χ0v) is 19.5. The standard InChI is InChI=1S/C25H29FN4O4/c1-12-19(23(32)28-17-4-5-18(26)27-11-17)13(2)30(3)21(12)22(31)24(33)29-20-15-6-14-7-16(20)10-25(34,8-14)9-15/h4-5,11,14-16,20,34H,6-10H2,1-3H3,(H,28,32)(H,29,33)/t14-,15-,16+,20-,25-. The normalized spacial score (nSPS) is 29.2. The minimum absolute atomic E-state index is 0.108. The van der Waals surface area contributed by atoms with E-state index in [9.17, 15) is 23.9 Å². The number of anilines is 1. The molecular formula is C25H29FN4O4. The van der Waals surface area contributed by atoms with E-state index in [1.165, 1.54) is 12.3 Å². The van der Waals surface area contributed by atoms with E-state index in [-0.39, 0.29) is 23.6 Å². The second kappa shape index (κ2) is 8.01. The first-order valence-corrected chi connectivity index (χ1v) is 11.7. The largest absolute Gasteiger partial charge is 0.390 e. The van der Waals surface area contributed by atoms with Crippen LogP contribution in [0, 0.1) is 37.5 Å². The van der Waals surface area contributed by atoms with Gasteiger partial charge >= 0.3 is 0 Å². The number of hydrogen-bond acceptors (Lipinski definition) is 5. The van der Waals surface area contributed by atoms with Crippen LogP contribution in [0.25, 0.3) is 0 Å². The number of aliphatic hydroxyl groups is 1. The van der Waals surface area contributed by atoms with Crippen molar-refractivity contribution < 1.29 is 23.9 Å². The maximum Gasteiger partial charge on any atom is 0.294 e. The number of amides is 2. The molecule has 6 rings (SSSR count). The van der Waals surface area contributed by atoms with Gasteiger partial charge in [0.1, 0.15) is 0 Å². The number of aromatic nitrogens is 2. The quantitative estimate of drug-likeness (QED) is 0.355. The summed E-state index contributed by atoms with van der Waals surface area (Å²) < 4.78 is 14.6. The van der Waals surface area contributed by atoms with Gasteiger partial charge in [0.05, 0.1) is 28.7 Å². The van der Waals surface area contributed by atoms with Gasteiger partial charge in [0, 0.05) is 18.8 Å². The summed E-state index contributed by atoms with van der Waals surface area (Å²) >= 11 is 0.